The minimum absolute atomic E-state index is 0.125. The first-order valence-corrected chi connectivity index (χ1v) is 4.29. The maximum Gasteiger partial charge on any atom is 0.364 e. The number of hydrogen-bond acceptors (Lipinski definition) is 7. The average Bonchev–Trinajstić information content (AvgIpc) is 2.21. The molecule has 84 valence electrons. The third-order valence-corrected chi connectivity index (χ3v) is 1.57. The number of ether oxygens (including phenoxy) is 1. The predicted molar refractivity (Wildman–Crippen MR) is 50.1 cm³/mol. The number of nitrogens with zero attached hydrogens (tertiary/aromatic N) is 2. The van der Waals surface area contributed by atoms with Crippen molar-refractivity contribution in [3.05, 3.63) is 0 Å². The van der Waals surface area contributed by atoms with Crippen molar-refractivity contribution < 1.29 is 24.7 Å². The predicted octanol–water partition coefficient (Wildman–Crippen LogP) is 0.537. The fourth-order valence-corrected chi connectivity index (χ4v) is 0.714. The van der Waals surface area contributed by atoms with Gasteiger partial charge in [0.2, 0.25) is 0 Å². The summed E-state index contributed by atoms with van der Waals surface area (Å²) in [7, 11) is 0. The second-order valence-electron chi connectivity index (χ2n) is 2.48. The fraction of sp³-hybridized carbons (Fsp3) is 0.500. The van der Waals surface area contributed by atoms with Gasteiger partial charge in [-0.15, -0.1) is 0 Å². The largest absolute Gasteiger partial charge is 0.410 e. The van der Waals surface area contributed by atoms with Gasteiger partial charge in [0.05, 0.1) is 0 Å². The van der Waals surface area contributed by atoms with Crippen molar-refractivity contribution in [1.29, 1.82) is 0 Å². The van der Waals surface area contributed by atoms with Gasteiger partial charge in [-0.2, -0.15) is 0 Å². The first kappa shape index (κ1) is 13.1. The monoisotopic (exact) mass is 216 g/mol. The van der Waals surface area contributed by atoms with Crippen LogP contribution in [-0.2, 0) is 14.3 Å². The third kappa shape index (κ3) is 3.75. The number of rotatable bonds is 4. The topological polar surface area (TPSA) is 109 Å². The van der Waals surface area contributed by atoms with E-state index >= 15 is 0 Å². The first-order valence-electron chi connectivity index (χ1n) is 4.29. The molecule has 0 aliphatic carbocycles. The quantitative estimate of drug-likeness (QED) is 0.234. The number of oxime groups is 2. The molecule has 15 heavy (non-hydrogen) atoms. The summed E-state index contributed by atoms with van der Waals surface area (Å²) in [4.78, 5) is 22.2. The second-order valence-corrected chi connectivity index (χ2v) is 2.48. The maximum atomic E-state index is 11.1. The molecule has 0 aliphatic rings. The minimum Gasteiger partial charge on any atom is -0.410 e. The van der Waals surface area contributed by atoms with E-state index in [0.29, 0.717) is 0 Å². The van der Waals surface area contributed by atoms with Crippen LogP contribution in [0.15, 0.2) is 10.3 Å². The molecule has 0 saturated heterocycles. The molecule has 0 aromatic heterocycles. The van der Waals surface area contributed by atoms with E-state index in [4.69, 9.17) is 10.4 Å². The lowest BCUT2D eigenvalue weighted by atomic mass is 10.3. The molecule has 0 unspecified atom stereocenters. The highest BCUT2D eigenvalue weighted by atomic mass is 16.6. The van der Waals surface area contributed by atoms with E-state index in [1.807, 2.05) is 0 Å². The van der Waals surface area contributed by atoms with Crippen molar-refractivity contribution in [3.63, 3.8) is 0 Å². The molecule has 0 aliphatic heterocycles. The molecular weight excluding hydrogens is 204 g/mol. The van der Waals surface area contributed by atoms with Crippen molar-refractivity contribution in [2.45, 2.75) is 26.7 Å². The zero-order valence-corrected chi connectivity index (χ0v) is 8.43. The number of carbonyl (C=O) groups is 2. The van der Waals surface area contributed by atoms with Crippen LogP contribution in [0.1, 0.15) is 26.7 Å². The van der Waals surface area contributed by atoms with Crippen molar-refractivity contribution in [2.24, 2.45) is 10.3 Å². The summed E-state index contributed by atoms with van der Waals surface area (Å²) in [5.41, 5.74) is -0.562. The van der Waals surface area contributed by atoms with Gasteiger partial charge < -0.3 is 15.2 Å². The van der Waals surface area contributed by atoms with Crippen molar-refractivity contribution >= 4 is 23.4 Å². The first-order chi connectivity index (χ1) is 7.10. The van der Waals surface area contributed by atoms with E-state index in [1.54, 1.807) is 13.8 Å². The second kappa shape index (κ2) is 6.52. The Morgan fingerprint density at radius 3 is 1.53 bits per heavy atom. The highest BCUT2D eigenvalue weighted by Crippen LogP contribution is 1.95. The number of hydrogen-bond donors (Lipinski definition) is 2. The third-order valence-electron chi connectivity index (χ3n) is 1.57. The molecule has 0 saturated carbocycles. The van der Waals surface area contributed by atoms with E-state index in [-0.39, 0.29) is 24.3 Å². The summed E-state index contributed by atoms with van der Waals surface area (Å²) in [6.45, 7) is 3.11. The fourth-order valence-electron chi connectivity index (χ4n) is 0.714. The Balaban J connectivity index is 4.50. The Hall–Kier alpha value is -1.92. The molecule has 2 N–H and O–H groups in total. The van der Waals surface area contributed by atoms with Crippen LogP contribution in [0.2, 0.25) is 0 Å². The lowest BCUT2D eigenvalue weighted by Crippen LogP contribution is -2.25. The highest BCUT2D eigenvalue weighted by molar-refractivity contribution is 6.44. The molecule has 0 aromatic carbocycles. The maximum absolute atomic E-state index is 11.1. The van der Waals surface area contributed by atoms with Gasteiger partial charge in [-0.1, -0.05) is 24.2 Å². The molecule has 0 aromatic rings. The Morgan fingerprint density at radius 2 is 1.33 bits per heavy atom. The molecule has 0 rings (SSSR count). The van der Waals surface area contributed by atoms with Crippen LogP contribution >= 0.6 is 0 Å². The van der Waals surface area contributed by atoms with E-state index in [9.17, 15) is 9.59 Å². The lowest BCUT2D eigenvalue weighted by molar-refractivity contribution is -0.150. The van der Waals surface area contributed by atoms with Crippen molar-refractivity contribution in [1.82, 2.24) is 0 Å². The van der Waals surface area contributed by atoms with Gasteiger partial charge in [0.1, 0.15) is 0 Å². The minimum atomic E-state index is -1.06. The smallest absolute Gasteiger partial charge is 0.364 e. The van der Waals surface area contributed by atoms with E-state index in [0.717, 1.165) is 0 Å². The molecule has 0 atom stereocenters. The van der Waals surface area contributed by atoms with Gasteiger partial charge in [0, 0.05) is 0 Å². The lowest BCUT2D eigenvalue weighted by Gasteiger charge is -2.02. The molecule has 7 heteroatoms. The molecule has 0 heterocycles. The number of carbonyl (C=O) groups excluding carboxylic acids is 2. The van der Waals surface area contributed by atoms with Crippen LogP contribution < -0.4 is 0 Å². The van der Waals surface area contributed by atoms with E-state index in [1.165, 1.54) is 0 Å². The number of esters is 2. The van der Waals surface area contributed by atoms with Crippen LogP contribution in [0.3, 0.4) is 0 Å². The van der Waals surface area contributed by atoms with Crippen LogP contribution in [-0.4, -0.2) is 33.8 Å². The summed E-state index contributed by atoms with van der Waals surface area (Å²) >= 11 is 0. The summed E-state index contributed by atoms with van der Waals surface area (Å²) < 4.78 is 4.28. The Labute approximate surface area is 86.0 Å². The van der Waals surface area contributed by atoms with Gasteiger partial charge in [0.25, 0.3) is 0 Å². The molecule has 7 nitrogen and oxygen atoms in total. The van der Waals surface area contributed by atoms with Crippen LogP contribution in [0.5, 0.6) is 0 Å². The summed E-state index contributed by atoms with van der Waals surface area (Å²) in [5.74, 6) is -2.11. The van der Waals surface area contributed by atoms with Gasteiger partial charge >= 0.3 is 11.9 Å². The molecule has 0 spiro atoms. The summed E-state index contributed by atoms with van der Waals surface area (Å²) in [6.07, 6.45) is 0.251. The molecular formula is C8H12N2O5. The normalized spacial score (nSPS) is 12.4. The Bertz CT molecular complexity index is 278. The Kier molecular flexibility index (Phi) is 5.69. The van der Waals surface area contributed by atoms with Crippen LogP contribution in [0.25, 0.3) is 0 Å². The molecule has 0 amide bonds. The summed E-state index contributed by atoms with van der Waals surface area (Å²) in [6, 6.07) is 0. The molecule has 0 fully saturated rings. The molecule has 0 radical (unpaired) electrons. The SMILES string of the molecule is CC/C(=N\O)C(=O)OC(=O)/C(CC)=N/O. The van der Waals surface area contributed by atoms with Gasteiger partial charge in [-0.05, 0) is 12.8 Å². The highest BCUT2D eigenvalue weighted by Gasteiger charge is 2.20. The van der Waals surface area contributed by atoms with Crippen LogP contribution in [0.4, 0.5) is 0 Å². The standard InChI is InChI=1S/C8H12N2O5/c1-3-5(9-13)7(11)15-8(12)6(4-2)10-14/h13-14H,3-4H2,1-2H3/b9-5+,10-6+. The van der Waals surface area contributed by atoms with E-state index < -0.39 is 11.9 Å². The molecule has 0 bridgehead atoms. The van der Waals surface area contributed by atoms with Crippen LogP contribution in [0, 0.1) is 0 Å². The van der Waals surface area contributed by atoms with Gasteiger partial charge in [-0.25, -0.2) is 9.59 Å². The zero-order valence-electron chi connectivity index (χ0n) is 8.43. The Morgan fingerprint density at radius 1 is 1.00 bits per heavy atom. The van der Waals surface area contributed by atoms with E-state index in [2.05, 4.69) is 15.0 Å². The van der Waals surface area contributed by atoms with Crippen molar-refractivity contribution in [2.75, 3.05) is 0 Å². The van der Waals surface area contributed by atoms with Gasteiger partial charge in [0.15, 0.2) is 11.4 Å². The van der Waals surface area contributed by atoms with Gasteiger partial charge in [-0.3, -0.25) is 0 Å². The average molecular weight is 216 g/mol. The van der Waals surface area contributed by atoms with Crippen molar-refractivity contribution in [3.8, 4) is 0 Å². The summed E-state index contributed by atoms with van der Waals surface area (Å²) in [5, 5.41) is 22.0. The zero-order chi connectivity index (χ0) is 11.8.